The van der Waals surface area contributed by atoms with Crippen molar-refractivity contribution in [2.75, 3.05) is 26.4 Å². The predicted octanol–water partition coefficient (Wildman–Crippen LogP) is 16.8. The number of hydrogen-bond acceptors (Lipinski definition) is 24. The van der Waals surface area contributed by atoms with Crippen molar-refractivity contribution >= 4 is 31.7 Å². The minimum absolute atomic E-state index is 0.0185. The Bertz CT molecular complexity index is 2440. The van der Waals surface area contributed by atoms with Crippen molar-refractivity contribution in [1.82, 2.24) is 0 Å². The molecule has 10 N–H and O–H groups in total. The van der Waals surface area contributed by atoms with Gasteiger partial charge in [0.2, 0.25) is 0 Å². The Hall–Kier alpha value is -2.79. The van der Waals surface area contributed by atoms with Crippen LogP contribution in [0.1, 0.15) is 400 Å². The van der Waals surface area contributed by atoms with Crippen molar-refractivity contribution < 1.29 is 122 Å². The topological polar surface area (TPSA) is 380 Å². The Kier molecular flexibility index (Phi) is 63.6. The molecule has 2 aliphatic heterocycles. The summed E-state index contributed by atoms with van der Waals surface area (Å²) in [5, 5.41) is 102. The second kappa shape index (κ2) is 68.7. The third-order valence-corrected chi connectivity index (χ3v) is 23.8. The molecule has 0 aromatic carbocycles. The first-order valence-electron chi connectivity index (χ1n) is 46.4. The van der Waals surface area contributed by atoms with Crippen LogP contribution in [0.5, 0.6) is 0 Å². The molecule has 676 valence electrons. The molecule has 25 nitrogen and oxygen atoms in total. The van der Waals surface area contributed by atoms with Crippen molar-refractivity contribution in [1.29, 1.82) is 0 Å². The molecule has 1 aliphatic carbocycles. The largest absolute Gasteiger partial charge is 0.472 e. The lowest BCUT2D eigenvalue weighted by Crippen LogP contribution is -2.70. The molecule has 3 rings (SSSR count). The fourth-order valence-corrected chi connectivity index (χ4v) is 16.3. The highest BCUT2D eigenvalue weighted by atomic mass is 31.2. The van der Waals surface area contributed by atoms with Gasteiger partial charge in [0.05, 0.1) is 13.2 Å². The van der Waals surface area contributed by atoms with Crippen LogP contribution in [-0.4, -0.2) is 205 Å². The number of aliphatic hydroxyl groups is 9. The number of unbranched alkanes of at least 4 members (excludes halogenated alkanes) is 49. The highest BCUT2D eigenvalue weighted by molar-refractivity contribution is 7.47. The maximum absolute atomic E-state index is 14.9. The minimum atomic E-state index is -5.80. The molecule has 18 atom stereocenters. The zero-order valence-electron chi connectivity index (χ0n) is 71.9. The maximum Gasteiger partial charge on any atom is 0.472 e. The smallest absolute Gasteiger partial charge is 0.463 e. The molecule has 0 aromatic heterocycles. The lowest BCUT2D eigenvalue weighted by atomic mass is 9.84. The summed E-state index contributed by atoms with van der Waals surface area (Å²) in [7, 11) is -5.80. The zero-order valence-corrected chi connectivity index (χ0v) is 72.7. The fraction of sp³-hybridized carbons (Fsp3) is 0.933. The quantitative estimate of drug-likeness (QED) is 0.00889. The van der Waals surface area contributed by atoms with E-state index >= 15 is 0 Å². The zero-order chi connectivity index (χ0) is 84.0. The third kappa shape index (κ3) is 49.2. The van der Waals surface area contributed by atoms with E-state index in [2.05, 4.69) is 39.8 Å². The standard InChI is InChI=1S/C89H165O25P/c1-5-9-13-17-21-25-29-33-35-39-42-45-49-53-57-61-72(91)105-66-69(108-74(93)63-59-55-51-47-44-40-36-34-30-26-22-18-14-10-6-2)67-107-115(103,104)114-87-85(112-88-82(101)78(97)76(95)70(65-90)109-88)81(100)80(99)84(111-75(94)64-60-56-52-48-43-38-32-28-24-20-16-12-8-4)86(87)113-89-83(102)79(98)77(96)71(110-89)68-106-73(92)62-58-54-50-46-41-37-31-27-23-19-15-11-7-3/h26,30,69-71,76-90,95-102H,5-25,27-29,31-68H2,1-4H3,(H,103,104)/b30-26-. The number of carbonyl (C=O) groups excluding carboxylic acids is 4. The van der Waals surface area contributed by atoms with Gasteiger partial charge < -0.3 is 88.7 Å². The van der Waals surface area contributed by atoms with E-state index in [1.165, 1.54) is 167 Å². The van der Waals surface area contributed by atoms with Crippen LogP contribution in [-0.2, 0) is 70.7 Å². The van der Waals surface area contributed by atoms with Crippen molar-refractivity contribution in [3.63, 3.8) is 0 Å². The lowest BCUT2D eigenvalue weighted by Gasteiger charge is -2.50. The molecule has 0 radical (unpaired) electrons. The number of allylic oxidation sites excluding steroid dienone is 2. The number of rotatable bonds is 75. The van der Waals surface area contributed by atoms with E-state index in [4.69, 9.17) is 46.9 Å². The monoisotopic (exact) mass is 1670 g/mol. The normalized spacial score (nSPS) is 25.3. The Morgan fingerprint density at radius 3 is 1.04 bits per heavy atom. The van der Waals surface area contributed by atoms with Crippen molar-refractivity contribution in [2.24, 2.45) is 0 Å². The number of ether oxygens (including phenoxy) is 8. The van der Waals surface area contributed by atoms with E-state index in [-0.39, 0.29) is 25.7 Å². The Morgan fingerprint density at radius 1 is 0.339 bits per heavy atom. The Morgan fingerprint density at radius 2 is 0.652 bits per heavy atom. The summed E-state index contributed by atoms with van der Waals surface area (Å²) in [5.74, 6) is -2.96. The van der Waals surface area contributed by atoms with E-state index in [0.717, 1.165) is 141 Å². The molecular formula is C89H165O25P. The number of carbonyl (C=O) groups is 4. The van der Waals surface area contributed by atoms with Gasteiger partial charge >= 0.3 is 31.7 Å². The Balaban J connectivity index is 1.92. The van der Waals surface area contributed by atoms with Crippen LogP contribution >= 0.6 is 7.82 Å². The fourth-order valence-electron chi connectivity index (χ4n) is 15.4. The van der Waals surface area contributed by atoms with Crippen LogP contribution in [0.4, 0.5) is 0 Å². The molecule has 18 unspecified atom stereocenters. The minimum Gasteiger partial charge on any atom is -0.463 e. The highest BCUT2D eigenvalue weighted by Gasteiger charge is 2.60. The second-order valence-corrected chi connectivity index (χ2v) is 34.6. The first-order chi connectivity index (χ1) is 55.7. The number of phosphoric acid groups is 1. The van der Waals surface area contributed by atoms with Gasteiger partial charge in [-0.1, -0.05) is 335 Å². The lowest BCUT2D eigenvalue weighted by molar-refractivity contribution is -0.360. The average Bonchev–Trinajstić information content (AvgIpc) is 0.753. The van der Waals surface area contributed by atoms with Crippen molar-refractivity contribution in [3.8, 4) is 0 Å². The first-order valence-corrected chi connectivity index (χ1v) is 47.9. The van der Waals surface area contributed by atoms with Gasteiger partial charge in [-0.2, -0.15) is 0 Å². The summed E-state index contributed by atoms with van der Waals surface area (Å²) < 4.78 is 73.4. The van der Waals surface area contributed by atoms with Gasteiger partial charge in [0.25, 0.3) is 0 Å². The highest BCUT2D eigenvalue weighted by Crippen LogP contribution is 2.49. The van der Waals surface area contributed by atoms with Gasteiger partial charge in [0.1, 0.15) is 92.6 Å². The Labute approximate surface area is 692 Å². The molecule has 3 aliphatic rings. The van der Waals surface area contributed by atoms with E-state index in [1.807, 2.05) is 0 Å². The number of esters is 4. The van der Waals surface area contributed by atoms with Gasteiger partial charge in [-0.25, -0.2) is 4.57 Å². The van der Waals surface area contributed by atoms with Gasteiger partial charge in [-0.15, -0.1) is 0 Å². The summed E-state index contributed by atoms with van der Waals surface area (Å²) in [5.41, 5.74) is 0. The van der Waals surface area contributed by atoms with E-state index in [1.54, 1.807) is 0 Å². The molecular weight excluding hydrogens is 1500 g/mol. The van der Waals surface area contributed by atoms with Crippen LogP contribution in [0.2, 0.25) is 0 Å². The average molecular weight is 1670 g/mol. The van der Waals surface area contributed by atoms with Gasteiger partial charge in [-0.05, 0) is 51.4 Å². The van der Waals surface area contributed by atoms with Gasteiger partial charge in [0, 0.05) is 25.7 Å². The molecule has 0 amide bonds. The van der Waals surface area contributed by atoms with Crippen molar-refractivity contribution in [2.45, 2.75) is 504 Å². The molecule has 2 saturated heterocycles. The van der Waals surface area contributed by atoms with E-state index < -0.39 is 162 Å². The van der Waals surface area contributed by atoms with E-state index in [9.17, 15) is 74.6 Å². The summed E-state index contributed by atoms with van der Waals surface area (Å²) in [6, 6.07) is 0. The van der Waals surface area contributed by atoms with Crippen LogP contribution in [0, 0.1) is 0 Å². The first kappa shape index (κ1) is 106. The van der Waals surface area contributed by atoms with Crippen molar-refractivity contribution in [3.05, 3.63) is 12.2 Å². The second-order valence-electron chi connectivity index (χ2n) is 33.2. The molecule has 2 heterocycles. The van der Waals surface area contributed by atoms with Crippen LogP contribution in [0.3, 0.4) is 0 Å². The van der Waals surface area contributed by atoms with Crippen LogP contribution in [0.15, 0.2) is 12.2 Å². The molecule has 1 saturated carbocycles. The predicted molar refractivity (Wildman–Crippen MR) is 444 cm³/mol. The molecule has 0 bridgehead atoms. The molecule has 26 heteroatoms. The summed E-state index contributed by atoms with van der Waals surface area (Å²) in [6.45, 7) is 5.59. The third-order valence-electron chi connectivity index (χ3n) is 22.8. The molecule has 3 fully saturated rings. The molecule has 0 aromatic rings. The number of hydrogen-bond donors (Lipinski definition) is 10. The van der Waals surface area contributed by atoms with Crippen LogP contribution in [0.25, 0.3) is 0 Å². The summed E-state index contributed by atoms with van der Waals surface area (Å²) >= 11 is 0. The number of aliphatic hydroxyl groups excluding tert-OH is 9. The number of phosphoric ester groups is 1. The van der Waals surface area contributed by atoms with Gasteiger partial charge in [-0.3, -0.25) is 28.2 Å². The summed E-state index contributed by atoms with van der Waals surface area (Å²) in [6.07, 6.45) is 26.4. The van der Waals surface area contributed by atoms with E-state index in [0.29, 0.717) is 38.5 Å². The molecule has 115 heavy (non-hydrogen) atoms. The SMILES string of the molecule is CCCCCC/C=C\CCCCCCCCCC(=O)OC(COC(=O)CCCCCCCCCCCCCCCCC)COP(=O)(O)OC1C(OC2OC(CO)C(O)C(O)C2O)C(O)C(O)C(OC(=O)CCCCCCCCCCCCCCC)C1OC1OC(COC(=O)CCCCCCCCCCCCCCC)C(O)C(O)C1O. The summed E-state index contributed by atoms with van der Waals surface area (Å²) in [4.78, 5) is 66.4. The van der Waals surface area contributed by atoms with Gasteiger partial charge in [0.15, 0.2) is 24.8 Å². The molecule has 0 spiro atoms. The van der Waals surface area contributed by atoms with Crippen LogP contribution < -0.4 is 0 Å². The maximum atomic E-state index is 14.9.